The number of nitrogens with one attached hydrogen (secondary N) is 1. The molecule has 4 aromatic carbocycles. The van der Waals surface area contributed by atoms with Crippen molar-refractivity contribution in [1.29, 1.82) is 0 Å². The lowest BCUT2D eigenvalue weighted by atomic mass is 10.0. The minimum Gasteiger partial charge on any atom is -0.478 e. The number of aromatic nitrogens is 4. The van der Waals surface area contributed by atoms with E-state index in [-0.39, 0.29) is 0 Å². The highest BCUT2D eigenvalue weighted by Gasteiger charge is 2.27. The third kappa shape index (κ3) is 8.62. The molecule has 0 unspecified atom stereocenters. The zero-order chi connectivity index (χ0) is 41.4. The van der Waals surface area contributed by atoms with Crippen molar-refractivity contribution >= 4 is 43.7 Å². The van der Waals surface area contributed by atoms with Crippen LogP contribution in [0.5, 0.6) is 0 Å². The van der Waals surface area contributed by atoms with Crippen molar-refractivity contribution in [2.45, 2.75) is 50.4 Å². The average Bonchev–Trinajstić information content (AvgIpc) is 4.19. The summed E-state index contributed by atoms with van der Waals surface area (Å²) in [5.74, 6) is -0.626. The van der Waals surface area contributed by atoms with Crippen molar-refractivity contribution in [3.05, 3.63) is 191 Å². The van der Waals surface area contributed by atoms with Gasteiger partial charge in [0.2, 0.25) is 10.0 Å². The molecule has 10 rings (SSSR count). The first-order valence-electron chi connectivity index (χ1n) is 20.1. The maximum absolute atomic E-state index is 12.7. The van der Waals surface area contributed by atoms with Gasteiger partial charge in [-0.1, -0.05) is 48.5 Å². The second kappa shape index (κ2) is 16.1. The molecule has 2 fully saturated rings. The number of aromatic carboxylic acids is 1. The molecule has 0 radical (unpaired) electrons. The van der Waals surface area contributed by atoms with Gasteiger partial charge in [-0.15, -0.1) is 0 Å². The third-order valence-corrected chi connectivity index (χ3v) is 11.7. The number of fused-ring (bicyclic) bond motifs is 2. The summed E-state index contributed by atoms with van der Waals surface area (Å²) in [6, 6.07) is 40.6. The fourth-order valence-electron chi connectivity index (χ4n) is 7.80. The van der Waals surface area contributed by atoms with Crippen molar-refractivity contribution in [3.8, 4) is 11.4 Å². The molecule has 0 saturated heterocycles. The molecule has 0 aliphatic heterocycles. The van der Waals surface area contributed by atoms with Gasteiger partial charge in [0, 0.05) is 59.8 Å². The molecule has 2 aliphatic carbocycles. The Morgan fingerprint density at radius 3 is 1.52 bits per heavy atom. The quantitative estimate of drug-likeness (QED) is 0.133. The van der Waals surface area contributed by atoms with E-state index < -0.39 is 21.9 Å². The number of carbonyl (C=O) groups excluding carboxylic acids is 1. The maximum Gasteiger partial charge on any atom is 0.337 e. The second-order valence-corrected chi connectivity index (χ2v) is 17.5. The minimum absolute atomic E-state index is 0.321. The molecule has 2 saturated carbocycles. The van der Waals surface area contributed by atoms with Crippen molar-refractivity contribution in [2.24, 2.45) is 0 Å². The lowest BCUT2D eigenvalue weighted by molar-refractivity contribution is 0.0694. The van der Waals surface area contributed by atoms with E-state index >= 15 is 0 Å². The van der Waals surface area contributed by atoms with Crippen LogP contribution < -0.4 is 4.72 Å². The Bertz CT molecular complexity index is 3000. The van der Waals surface area contributed by atoms with Crippen LogP contribution >= 0.6 is 0 Å². The largest absolute Gasteiger partial charge is 0.478 e. The van der Waals surface area contributed by atoms with Gasteiger partial charge in [-0.05, 0) is 133 Å². The summed E-state index contributed by atoms with van der Waals surface area (Å²) in [6.07, 6.45) is 14.1. The predicted octanol–water partition coefficient (Wildman–Crippen LogP) is 9.37. The van der Waals surface area contributed by atoms with Crippen LogP contribution in [0.3, 0.4) is 0 Å². The molecule has 11 heteroatoms. The summed E-state index contributed by atoms with van der Waals surface area (Å²) >= 11 is 0. The molecule has 0 atom stereocenters. The monoisotopic (exact) mass is 813 g/mol. The standard InChI is InChI=1S/C25H23N3O3S.C24H20N2O2/c1-32(30,31)27-25(29)22-15-20(18-8-9-18)16-26-23(22)14-17-7-10-24-19(13-17)11-12-28(24)21-5-3-2-4-6-21;27-24(28)21-14-19(17-7-8-17)15-25-22(21)13-16-6-9-23-18(12-16)10-11-26(23)20-4-2-1-3-5-20/h2-7,10-13,15-16,18H,8-9,14H2,1H3,(H,27,29);1-6,9-12,14-15,17H,7-8,13H2,(H,27,28). The van der Waals surface area contributed by atoms with Crippen molar-refractivity contribution in [1.82, 2.24) is 23.8 Å². The molecule has 2 N–H and O–H groups in total. The summed E-state index contributed by atoms with van der Waals surface area (Å²) in [4.78, 5) is 33.5. The van der Waals surface area contributed by atoms with Crippen LogP contribution in [0.15, 0.2) is 146 Å². The summed E-state index contributed by atoms with van der Waals surface area (Å²) < 4.78 is 29.6. The van der Waals surface area contributed by atoms with Gasteiger partial charge in [-0.25, -0.2) is 17.9 Å². The highest BCUT2D eigenvalue weighted by Crippen LogP contribution is 2.41. The van der Waals surface area contributed by atoms with Crippen LogP contribution in [-0.4, -0.2) is 50.8 Å². The van der Waals surface area contributed by atoms with Gasteiger partial charge >= 0.3 is 5.97 Å². The molecule has 60 heavy (non-hydrogen) atoms. The van der Waals surface area contributed by atoms with Gasteiger partial charge in [0.1, 0.15) is 0 Å². The molecule has 2 aliphatic rings. The van der Waals surface area contributed by atoms with Crippen LogP contribution in [0.25, 0.3) is 33.2 Å². The van der Waals surface area contributed by atoms with Crippen molar-refractivity contribution < 1.29 is 23.1 Å². The van der Waals surface area contributed by atoms with E-state index in [1.807, 2.05) is 67.1 Å². The van der Waals surface area contributed by atoms with Crippen LogP contribution in [0.2, 0.25) is 0 Å². The molecular formula is C49H43N5O5S. The number of benzene rings is 4. The van der Waals surface area contributed by atoms with Gasteiger partial charge in [-0.2, -0.15) is 0 Å². The number of rotatable bonds is 11. The number of carboxylic acid groups (broad SMARTS) is 1. The Balaban J connectivity index is 0.000000155. The Kier molecular flexibility index (Phi) is 10.4. The van der Waals surface area contributed by atoms with E-state index in [4.69, 9.17) is 0 Å². The number of para-hydroxylation sites is 2. The Hall–Kier alpha value is -6.85. The van der Waals surface area contributed by atoms with E-state index in [1.165, 1.54) is 0 Å². The number of hydrogen-bond acceptors (Lipinski definition) is 6. The molecule has 0 spiro atoms. The fraction of sp³-hybridized carbons (Fsp3) is 0.184. The number of carboxylic acids is 1. The van der Waals surface area contributed by atoms with E-state index in [0.717, 1.165) is 87.4 Å². The highest BCUT2D eigenvalue weighted by atomic mass is 32.2. The number of nitrogens with zero attached hydrogens (tertiary/aromatic N) is 4. The first kappa shape index (κ1) is 38.7. The van der Waals surface area contributed by atoms with Gasteiger partial charge in [0.25, 0.3) is 5.91 Å². The van der Waals surface area contributed by atoms with E-state index in [0.29, 0.717) is 47.2 Å². The topological polar surface area (TPSA) is 136 Å². The average molecular weight is 814 g/mol. The zero-order valence-electron chi connectivity index (χ0n) is 33.0. The summed E-state index contributed by atoms with van der Waals surface area (Å²) in [5, 5.41) is 11.8. The van der Waals surface area contributed by atoms with Crippen molar-refractivity contribution in [3.63, 3.8) is 0 Å². The van der Waals surface area contributed by atoms with Crippen molar-refractivity contribution in [2.75, 3.05) is 6.26 Å². The predicted molar refractivity (Wildman–Crippen MR) is 234 cm³/mol. The summed E-state index contributed by atoms with van der Waals surface area (Å²) in [5.41, 5.74) is 10.4. The normalized spacial score (nSPS) is 13.8. The molecule has 1 amide bonds. The third-order valence-electron chi connectivity index (χ3n) is 11.2. The SMILES string of the molecule is CS(=O)(=O)NC(=O)c1cc(C2CC2)cnc1Cc1ccc2c(ccn2-c2ccccc2)c1.O=C(O)c1cc(C2CC2)cnc1Cc1ccc2c(ccn2-c2ccccc2)c1. The number of pyridine rings is 2. The van der Waals surface area contributed by atoms with Gasteiger partial charge < -0.3 is 14.2 Å². The zero-order valence-corrected chi connectivity index (χ0v) is 33.8. The van der Waals surface area contributed by atoms with Crippen LogP contribution in [0.1, 0.15) is 91.9 Å². The molecule has 4 heterocycles. The molecule has 0 bridgehead atoms. The molecule has 10 nitrogen and oxygen atoms in total. The Labute approximate surface area is 348 Å². The van der Waals surface area contributed by atoms with Crippen LogP contribution in [0, 0.1) is 0 Å². The van der Waals surface area contributed by atoms with Crippen LogP contribution in [0.4, 0.5) is 0 Å². The fourth-order valence-corrected chi connectivity index (χ4v) is 8.25. The first-order chi connectivity index (χ1) is 29.1. The number of amides is 1. The smallest absolute Gasteiger partial charge is 0.337 e. The molecular weight excluding hydrogens is 771 g/mol. The number of sulfonamides is 1. The summed E-state index contributed by atoms with van der Waals surface area (Å²) in [6.45, 7) is 0. The Morgan fingerprint density at radius 2 is 1.08 bits per heavy atom. The second-order valence-electron chi connectivity index (χ2n) is 15.8. The lowest BCUT2D eigenvalue weighted by Crippen LogP contribution is -2.30. The van der Waals surface area contributed by atoms with Crippen LogP contribution in [-0.2, 0) is 22.9 Å². The highest BCUT2D eigenvalue weighted by molar-refractivity contribution is 7.89. The van der Waals surface area contributed by atoms with Gasteiger partial charge in [0.15, 0.2) is 0 Å². The maximum atomic E-state index is 12.7. The van der Waals surface area contributed by atoms with Gasteiger partial charge in [-0.3, -0.25) is 14.8 Å². The van der Waals surface area contributed by atoms with Gasteiger partial charge in [0.05, 0.1) is 39.8 Å². The minimum atomic E-state index is -3.66. The van der Waals surface area contributed by atoms with E-state index in [2.05, 4.69) is 96.8 Å². The lowest BCUT2D eigenvalue weighted by Gasteiger charge is -2.11. The summed E-state index contributed by atoms with van der Waals surface area (Å²) in [7, 11) is -3.66. The number of carbonyl (C=O) groups is 2. The number of hydrogen-bond donors (Lipinski definition) is 2. The first-order valence-corrected chi connectivity index (χ1v) is 22.0. The van der Waals surface area contributed by atoms with E-state index in [1.54, 1.807) is 6.07 Å². The van der Waals surface area contributed by atoms with E-state index in [9.17, 15) is 23.1 Å². The molecule has 4 aromatic heterocycles. The Morgan fingerprint density at radius 1 is 0.633 bits per heavy atom. The molecule has 300 valence electrons. The molecule has 8 aromatic rings.